The number of carboxylic acids is 1. The van der Waals surface area contributed by atoms with Crippen LogP contribution in [0.1, 0.15) is 18.4 Å². The van der Waals surface area contributed by atoms with Crippen molar-refractivity contribution in [1.29, 1.82) is 0 Å². The van der Waals surface area contributed by atoms with Gasteiger partial charge in [-0.1, -0.05) is 6.07 Å². The Hall–Kier alpha value is -2.09. The Morgan fingerprint density at radius 2 is 2.09 bits per heavy atom. The highest BCUT2D eigenvalue weighted by molar-refractivity contribution is 5.92. The highest BCUT2D eigenvalue weighted by atomic mass is 19.4. The van der Waals surface area contributed by atoms with Gasteiger partial charge in [0.1, 0.15) is 6.04 Å². The standard InChI is InChI=1S/C14H15F3N2O3/c15-14(16,17)9-3-1-4-10(7-9)18-12(20)8-19-6-2-5-11(19)13(21)22/h1,3-4,7,11H,2,5-6,8H2,(H,18,20)(H,21,22)/t11-/m0/s1. The second kappa shape index (κ2) is 6.35. The number of aliphatic carboxylic acids is 1. The van der Waals surface area contributed by atoms with Gasteiger partial charge in [0.05, 0.1) is 12.1 Å². The Kier molecular flexibility index (Phi) is 4.70. The lowest BCUT2D eigenvalue weighted by atomic mass is 10.2. The van der Waals surface area contributed by atoms with Gasteiger partial charge < -0.3 is 10.4 Å². The normalized spacial score (nSPS) is 19.1. The summed E-state index contributed by atoms with van der Waals surface area (Å²) in [7, 11) is 0. The first kappa shape index (κ1) is 16.3. The molecule has 1 heterocycles. The average Bonchev–Trinajstić information content (AvgIpc) is 2.86. The van der Waals surface area contributed by atoms with Gasteiger partial charge in [0.25, 0.3) is 0 Å². The monoisotopic (exact) mass is 316 g/mol. The number of carbonyl (C=O) groups is 2. The molecule has 0 radical (unpaired) electrons. The van der Waals surface area contributed by atoms with E-state index in [0.717, 1.165) is 12.1 Å². The topological polar surface area (TPSA) is 69.6 Å². The van der Waals surface area contributed by atoms with E-state index in [-0.39, 0.29) is 12.2 Å². The maximum absolute atomic E-state index is 12.6. The number of nitrogens with one attached hydrogen (secondary N) is 1. The van der Waals surface area contributed by atoms with E-state index >= 15 is 0 Å². The number of benzene rings is 1. The van der Waals surface area contributed by atoms with Gasteiger partial charge in [-0.15, -0.1) is 0 Å². The number of hydrogen-bond acceptors (Lipinski definition) is 3. The number of carbonyl (C=O) groups excluding carboxylic acids is 1. The summed E-state index contributed by atoms with van der Waals surface area (Å²) in [6.07, 6.45) is -3.34. The molecule has 0 aliphatic carbocycles. The smallest absolute Gasteiger partial charge is 0.416 e. The maximum atomic E-state index is 12.6. The van der Waals surface area contributed by atoms with Gasteiger partial charge >= 0.3 is 12.1 Å². The molecule has 0 aromatic heterocycles. The van der Waals surface area contributed by atoms with Crippen LogP contribution in [0.3, 0.4) is 0 Å². The van der Waals surface area contributed by atoms with Crippen LogP contribution in [0.2, 0.25) is 0 Å². The van der Waals surface area contributed by atoms with Crippen LogP contribution in [-0.4, -0.2) is 41.0 Å². The van der Waals surface area contributed by atoms with E-state index in [9.17, 15) is 22.8 Å². The summed E-state index contributed by atoms with van der Waals surface area (Å²) >= 11 is 0. The first-order valence-electron chi connectivity index (χ1n) is 6.71. The summed E-state index contributed by atoms with van der Waals surface area (Å²) < 4.78 is 37.8. The van der Waals surface area contributed by atoms with Crippen LogP contribution in [0, 0.1) is 0 Å². The predicted molar refractivity (Wildman–Crippen MR) is 72.3 cm³/mol. The molecule has 0 unspecified atom stereocenters. The molecule has 1 aromatic carbocycles. The molecule has 1 amide bonds. The first-order valence-corrected chi connectivity index (χ1v) is 6.71. The second-order valence-corrected chi connectivity index (χ2v) is 5.09. The van der Waals surface area contributed by atoms with Crippen LogP contribution in [0.15, 0.2) is 24.3 Å². The summed E-state index contributed by atoms with van der Waals surface area (Å²) in [5.74, 6) is -1.53. The lowest BCUT2D eigenvalue weighted by Gasteiger charge is -2.20. The lowest BCUT2D eigenvalue weighted by molar-refractivity contribution is -0.142. The zero-order valence-corrected chi connectivity index (χ0v) is 11.6. The molecule has 1 fully saturated rings. The molecule has 0 spiro atoms. The minimum atomic E-state index is -4.48. The van der Waals surface area contributed by atoms with E-state index in [1.165, 1.54) is 17.0 Å². The minimum Gasteiger partial charge on any atom is -0.480 e. The zero-order chi connectivity index (χ0) is 16.3. The summed E-state index contributed by atoms with van der Waals surface area (Å²) in [5, 5.41) is 11.4. The van der Waals surface area contributed by atoms with Crippen LogP contribution >= 0.6 is 0 Å². The Morgan fingerprint density at radius 3 is 2.73 bits per heavy atom. The molecule has 5 nitrogen and oxygen atoms in total. The number of nitrogens with zero attached hydrogens (tertiary/aromatic N) is 1. The molecular weight excluding hydrogens is 301 g/mol. The molecule has 8 heteroatoms. The van der Waals surface area contributed by atoms with Gasteiger partial charge in [-0.05, 0) is 37.6 Å². The maximum Gasteiger partial charge on any atom is 0.416 e. The Labute approximate surface area is 124 Å². The fraction of sp³-hybridized carbons (Fsp3) is 0.429. The third-order valence-corrected chi connectivity index (χ3v) is 3.47. The van der Waals surface area contributed by atoms with Crippen molar-refractivity contribution in [2.45, 2.75) is 25.1 Å². The number of likely N-dealkylation sites (tertiary alicyclic amines) is 1. The van der Waals surface area contributed by atoms with Gasteiger partial charge in [-0.3, -0.25) is 14.5 Å². The quantitative estimate of drug-likeness (QED) is 0.893. The summed E-state index contributed by atoms with van der Waals surface area (Å²) in [4.78, 5) is 24.4. The van der Waals surface area contributed by atoms with Gasteiger partial charge in [0.15, 0.2) is 0 Å². The zero-order valence-electron chi connectivity index (χ0n) is 11.6. The molecule has 22 heavy (non-hydrogen) atoms. The van der Waals surface area contributed by atoms with E-state index in [2.05, 4.69) is 5.32 Å². The summed E-state index contributed by atoms with van der Waals surface area (Å²) in [5.41, 5.74) is -0.819. The van der Waals surface area contributed by atoms with Crippen molar-refractivity contribution in [2.24, 2.45) is 0 Å². The molecular formula is C14H15F3N2O3. The lowest BCUT2D eigenvalue weighted by Crippen LogP contribution is -2.40. The van der Waals surface area contributed by atoms with E-state index in [4.69, 9.17) is 5.11 Å². The van der Waals surface area contributed by atoms with Crippen LogP contribution in [-0.2, 0) is 15.8 Å². The number of rotatable bonds is 4. The minimum absolute atomic E-state index is 0.0332. The molecule has 1 aliphatic heterocycles. The third-order valence-electron chi connectivity index (χ3n) is 3.47. The Bertz CT molecular complexity index is 575. The van der Waals surface area contributed by atoms with Crippen molar-refractivity contribution in [3.8, 4) is 0 Å². The van der Waals surface area contributed by atoms with Crippen molar-refractivity contribution in [2.75, 3.05) is 18.4 Å². The molecule has 2 rings (SSSR count). The first-order chi connectivity index (χ1) is 10.3. The Morgan fingerprint density at radius 1 is 1.36 bits per heavy atom. The fourth-order valence-electron chi connectivity index (χ4n) is 2.45. The van der Waals surface area contributed by atoms with Crippen molar-refractivity contribution in [3.05, 3.63) is 29.8 Å². The van der Waals surface area contributed by atoms with Crippen LogP contribution < -0.4 is 5.32 Å². The molecule has 1 aliphatic rings. The number of anilines is 1. The highest BCUT2D eigenvalue weighted by Gasteiger charge is 2.32. The molecule has 0 saturated carbocycles. The van der Waals surface area contributed by atoms with Gasteiger partial charge in [0.2, 0.25) is 5.91 Å². The number of amides is 1. The van der Waals surface area contributed by atoms with Crippen molar-refractivity contribution < 1.29 is 27.9 Å². The van der Waals surface area contributed by atoms with E-state index in [1.807, 2.05) is 0 Å². The molecule has 1 saturated heterocycles. The average molecular weight is 316 g/mol. The molecule has 1 atom stereocenters. The van der Waals surface area contributed by atoms with Gasteiger partial charge in [-0.25, -0.2) is 0 Å². The van der Waals surface area contributed by atoms with Crippen molar-refractivity contribution >= 4 is 17.6 Å². The van der Waals surface area contributed by atoms with E-state index in [1.54, 1.807) is 0 Å². The van der Waals surface area contributed by atoms with Crippen molar-refractivity contribution in [3.63, 3.8) is 0 Å². The van der Waals surface area contributed by atoms with Crippen LogP contribution in [0.25, 0.3) is 0 Å². The van der Waals surface area contributed by atoms with Crippen molar-refractivity contribution in [1.82, 2.24) is 4.90 Å². The van der Waals surface area contributed by atoms with E-state index in [0.29, 0.717) is 19.4 Å². The Balaban J connectivity index is 1.99. The predicted octanol–water partition coefficient (Wildman–Crippen LogP) is 2.19. The van der Waals surface area contributed by atoms with E-state index < -0.39 is 29.7 Å². The SMILES string of the molecule is O=C(CN1CCC[C@H]1C(=O)O)Nc1cccc(C(F)(F)F)c1. The third kappa shape index (κ3) is 3.97. The summed E-state index contributed by atoms with van der Waals surface area (Å²) in [6.45, 7) is 0.320. The number of halogens is 3. The number of carboxylic acid groups (broad SMARTS) is 1. The second-order valence-electron chi connectivity index (χ2n) is 5.09. The molecule has 120 valence electrons. The number of hydrogen-bond donors (Lipinski definition) is 2. The largest absolute Gasteiger partial charge is 0.480 e. The highest BCUT2D eigenvalue weighted by Crippen LogP contribution is 2.30. The van der Waals surface area contributed by atoms with Gasteiger partial charge in [-0.2, -0.15) is 13.2 Å². The van der Waals surface area contributed by atoms with Crippen LogP contribution in [0.4, 0.5) is 18.9 Å². The summed E-state index contributed by atoms with van der Waals surface area (Å²) in [6, 6.07) is 3.60. The molecule has 0 bridgehead atoms. The fourth-order valence-corrected chi connectivity index (χ4v) is 2.45. The molecule has 2 N–H and O–H groups in total. The van der Waals surface area contributed by atoms with Gasteiger partial charge in [0, 0.05) is 5.69 Å². The number of alkyl halides is 3. The van der Waals surface area contributed by atoms with Crippen LogP contribution in [0.5, 0.6) is 0 Å². The molecule has 1 aromatic rings.